The first-order chi connectivity index (χ1) is 19.2. The van der Waals surface area contributed by atoms with Crippen molar-refractivity contribution < 1.29 is 36.6 Å². The Bertz CT molecular complexity index is 941. The van der Waals surface area contributed by atoms with Gasteiger partial charge in [-0.25, -0.2) is 4.39 Å². The van der Waals surface area contributed by atoms with Crippen LogP contribution >= 0.6 is 0 Å². The van der Waals surface area contributed by atoms with E-state index in [2.05, 4.69) is 6.92 Å². The second kappa shape index (κ2) is 14.4. The van der Waals surface area contributed by atoms with Crippen LogP contribution in [0.1, 0.15) is 109 Å². The average Bonchev–Trinajstić information content (AvgIpc) is 2.95. The van der Waals surface area contributed by atoms with Crippen LogP contribution < -0.4 is 9.47 Å². The van der Waals surface area contributed by atoms with Crippen molar-refractivity contribution in [3.8, 4) is 11.5 Å². The molecule has 1 heterocycles. The van der Waals surface area contributed by atoms with Gasteiger partial charge in [-0.3, -0.25) is 4.79 Å². The fraction of sp³-hybridized carbons (Fsp3) is 0.781. The molecular weight excluding hydrogens is 524 g/mol. The molecule has 4 rings (SSSR count). The van der Waals surface area contributed by atoms with Crippen molar-refractivity contribution in [3.63, 3.8) is 0 Å². The molecule has 0 amide bonds. The molecular formula is C32H46F4O4. The Kier molecular flexibility index (Phi) is 11.2. The van der Waals surface area contributed by atoms with Crippen LogP contribution in [-0.2, 0) is 15.7 Å². The summed E-state index contributed by atoms with van der Waals surface area (Å²) in [6, 6.07) is 2.05. The number of hydrogen-bond donors (Lipinski definition) is 0. The van der Waals surface area contributed by atoms with Gasteiger partial charge in [0.25, 0.3) is 0 Å². The number of ether oxygens (including phenoxy) is 3. The van der Waals surface area contributed by atoms with Crippen molar-refractivity contribution in [1.29, 1.82) is 0 Å². The third-order valence-corrected chi connectivity index (χ3v) is 9.56. The standard InChI is InChI=1S/C32H46F4O4/c1-3-5-19-38-27-17-18-28(30(33)29(27)32(34,35)36)40-31(37)25-15-16-26(39-20-25)24-13-11-23(12-14-24)22-9-7-21(6-4-2)8-10-22/h17-18,21-26H,3-16,19-20H2,1-2H3. The highest BCUT2D eigenvalue weighted by atomic mass is 19.4. The van der Waals surface area contributed by atoms with Crippen LogP contribution in [0.4, 0.5) is 17.6 Å². The second-order valence-electron chi connectivity index (χ2n) is 12.3. The second-order valence-corrected chi connectivity index (χ2v) is 12.3. The predicted molar refractivity (Wildman–Crippen MR) is 146 cm³/mol. The summed E-state index contributed by atoms with van der Waals surface area (Å²) in [5.74, 6) is -1.23. The lowest BCUT2D eigenvalue weighted by molar-refractivity contribution is -0.149. The molecule has 2 atom stereocenters. The Balaban J connectivity index is 1.25. The lowest BCUT2D eigenvalue weighted by atomic mass is 9.67. The number of carbonyl (C=O) groups excluding carboxylic acids is 1. The minimum absolute atomic E-state index is 0.0421. The molecule has 3 fully saturated rings. The summed E-state index contributed by atoms with van der Waals surface area (Å²) in [5, 5.41) is 0. The summed E-state index contributed by atoms with van der Waals surface area (Å²) in [4.78, 5) is 12.8. The minimum atomic E-state index is -4.98. The van der Waals surface area contributed by atoms with Gasteiger partial charge in [-0.1, -0.05) is 46.0 Å². The molecule has 2 unspecified atom stereocenters. The normalized spacial score (nSPS) is 29.6. The van der Waals surface area contributed by atoms with Gasteiger partial charge in [0.05, 0.1) is 25.2 Å². The van der Waals surface area contributed by atoms with E-state index in [0.29, 0.717) is 25.2 Å². The number of esters is 1. The van der Waals surface area contributed by atoms with Crippen molar-refractivity contribution in [3.05, 3.63) is 23.5 Å². The molecule has 1 aromatic rings. The van der Waals surface area contributed by atoms with Crippen LogP contribution in [0.15, 0.2) is 12.1 Å². The van der Waals surface area contributed by atoms with Crippen LogP contribution in [0, 0.1) is 35.4 Å². The van der Waals surface area contributed by atoms with Crippen LogP contribution in [0.25, 0.3) is 0 Å². The van der Waals surface area contributed by atoms with E-state index in [1.54, 1.807) is 0 Å². The number of rotatable bonds is 10. The van der Waals surface area contributed by atoms with Crippen molar-refractivity contribution in [1.82, 2.24) is 0 Å². The summed E-state index contributed by atoms with van der Waals surface area (Å²) in [7, 11) is 0. The van der Waals surface area contributed by atoms with Gasteiger partial charge < -0.3 is 14.2 Å². The summed E-state index contributed by atoms with van der Waals surface area (Å²) < 4.78 is 72.1. The SMILES string of the molecule is CCCCOc1ccc(OC(=O)C2CCC(C3CCC(C4CCC(CCC)CC4)CC3)OC2)c(F)c1C(F)(F)F. The predicted octanol–water partition coefficient (Wildman–Crippen LogP) is 9.14. The van der Waals surface area contributed by atoms with Crippen molar-refractivity contribution in [2.75, 3.05) is 13.2 Å². The molecule has 4 nitrogen and oxygen atoms in total. The maximum absolute atomic E-state index is 14.9. The Morgan fingerprint density at radius 2 is 1.50 bits per heavy atom. The highest BCUT2D eigenvalue weighted by molar-refractivity contribution is 5.75. The zero-order valence-corrected chi connectivity index (χ0v) is 24.1. The molecule has 0 bridgehead atoms. The molecule has 1 saturated heterocycles. The first kappa shape index (κ1) is 31.1. The molecule has 0 aromatic heterocycles. The van der Waals surface area contributed by atoms with Crippen LogP contribution in [0.2, 0.25) is 0 Å². The Labute approximate surface area is 236 Å². The molecule has 8 heteroatoms. The van der Waals surface area contributed by atoms with E-state index < -0.39 is 40.9 Å². The average molecular weight is 571 g/mol. The largest absolute Gasteiger partial charge is 0.493 e. The van der Waals surface area contributed by atoms with Crippen molar-refractivity contribution >= 4 is 5.97 Å². The third kappa shape index (κ3) is 7.92. The molecule has 2 saturated carbocycles. The van der Waals surface area contributed by atoms with E-state index in [-0.39, 0.29) is 19.3 Å². The molecule has 226 valence electrons. The highest BCUT2D eigenvalue weighted by Gasteiger charge is 2.41. The zero-order valence-electron chi connectivity index (χ0n) is 24.1. The van der Waals surface area contributed by atoms with E-state index in [0.717, 1.165) is 49.1 Å². The van der Waals surface area contributed by atoms with Gasteiger partial charge in [0, 0.05) is 0 Å². The molecule has 40 heavy (non-hydrogen) atoms. The summed E-state index contributed by atoms with van der Waals surface area (Å²) in [6.45, 7) is 4.35. The topological polar surface area (TPSA) is 44.8 Å². The molecule has 1 aliphatic heterocycles. The number of benzene rings is 1. The van der Waals surface area contributed by atoms with E-state index in [9.17, 15) is 22.4 Å². The quantitative estimate of drug-likeness (QED) is 0.122. The van der Waals surface area contributed by atoms with Gasteiger partial charge in [-0.05, 0) is 93.6 Å². The molecule has 0 spiro atoms. The van der Waals surface area contributed by atoms with Crippen LogP contribution in [0.3, 0.4) is 0 Å². The summed E-state index contributed by atoms with van der Waals surface area (Å²) >= 11 is 0. The van der Waals surface area contributed by atoms with E-state index in [1.165, 1.54) is 51.4 Å². The molecule has 3 aliphatic rings. The van der Waals surface area contributed by atoms with Crippen molar-refractivity contribution in [2.24, 2.45) is 29.6 Å². The fourth-order valence-corrected chi connectivity index (χ4v) is 7.19. The highest BCUT2D eigenvalue weighted by Crippen LogP contribution is 2.45. The van der Waals surface area contributed by atoms with Gasteiger partial charge in [0.2, 0.25) is 0 Å². The molecule has 1 aromatic carbocycles. The molecule has 0 radical (unpaired) electrons. The Morgan fingerprint density at radius 1 is 0.875 bits per heavy atom. The van der Waals surface area contributed by atoms with Crippen molar-refractivity contribution in [2.45, 2.75) is 116 Å². The Hall–Kier alpha value is -1.83. The zero-order chi connectivity index (χ0) is 28.7. The number of carbonyl (C=O) groups is 1. The monoisotopic (exact) mass is 570 g/mol. The lowest BCUT2D eigenvalue weighted by Gasteiger charge is -2.41. The Morgan fingerprint density at radius 3 is 2.08 bits per heavy atom. The third-order valence-electron chi connectivity index (χ3n) is 9.56. The van der Waals surface area contributed by atoms with Crippen LogP contribution in [0.5, 0.6) is 11.5 Å². The maximum Gasteiger partial charge on any atom is 0.422 e. The number of alkyl halides is 3. The summed E-state index contributed by atoms with van der Waals surface area (Å²) in [6.07, 6.45) is 10.6. The van der Waals surface area contributed by atoms with Crippen LogP contribution in [-0.4, -0.2) is 25.3 Å². The lowest BCUT2D eigenvalue weighted by Crippen LogP contribution is -2.38. The molecule has 0 N–H and O–H groups in total. The van der Waals surface area contributed by atoms with E-state index >= 15 is 0 Å². The van der Waals surface area contributed by atoms with Gasteiger partial charge in [0.15, 0.2) is 11.6 Å². The van der Waals surface area contributed by atoms with Gasteiger partial charge >= 0.3 is 12.1 Å². The van der Waals surface area contributed by atoms with E-state index in [1.807, 2.05) is 6.92 Å². The van der Waals surface area contributed by atoms with Gasteiger partial charge in [0.1, 0.15) is 11.3 Å². The minimum Gasteiger partial charge on any atom is -0.493 e. The van der Waals surface area contributed by atoms with E-state index in [4.69, 9.17) is 14.2 Å². The number of hydrogen-bond acceptors (Lipinski definition) is 4. The summed E-state index contributed by atoms with van der Waals surface area (Å²) in [5.41, 5.74) is -1.54. The number of halogens is 4. The first-order valence-electron chi connectivity index (χ1n) is 15.6. The number of unbranched alkanes of at least 4 members (excludes halogenated alkanes) is 1. The molecule has 2 aliphatic carbocycles. The fourth-order valence-electron chi connectivity index (χ4n) is 7.19. The maximum atomic E-state index is 14.9. The van der Waals surface area contributed by atoms with Gasteiger partial charge in [-0.2, -0.15) is 13.2 Å². The smallest absolute Gasteiger partial charge is 0.422 e. The van der Waals surface area contributed by atoms with Gasteiger partial charge in [-0.15, -0.1) is 0 Å². The first-order valence-corrected chi connectivity index (χ1v) is 15.6.